The lowest BCUT2D eigenvalue weighted by atomic mass is 10.1. The third-order valence-electron chi connectivity index (χ3n) is 2.39. The monoisotopic (exact) mass is 289 g/mol. The van der Waals surface area contributed by atoms with E-state index in [1.54, 1.807) is 0 Å². The maximum absolute atomic E-state index is 13.1. The van der Waals surface area contributed by atoms with Crippen LogP contribution in [0.15, 0.2) is 24.4 Å². The highest BCUT2D eigenvalue weighted by Crippen LogP contribution is 2.33. The molecule has 2 aromatic rings. The van der Waals surface area contributed by atoms with Gasteiger partial charge >= 0.3 is 6.18 Å². The van der Waals surface area contributed by atoms with E-state index in [0.717, 1.165) is 12.3 Å². The van der Waals surface area contributed by atoms with Crippen LogP contribution in [0, 0.1) is 12.7 Å². The zero-order valence-corrected chi connectivity index (χ0v) is 10.4. The van der Waals surface area contributed by atoms with Crippen LogP contribution in [-0.2, 0) is 6.18 Å². The summed E-state index contributed by atoms with van der Waals surface area (Å²) in [6.07, 6.45) is -3.68. The summed E-state index contributed by atoms with van der Waals surface area (Å²) in [4.78, 5) is 15.0. The van der Waals surface area contributed by atoms with Crippen molar-refractivity contribution in [1.82, 2.24) is 4.98 Å². The molecule has 0 spiro atoms. The van der Waals surface area contributed by atoms with Gasteiger partial charge in [0.25, 0.3) is 0 Å². The number of aromatic nitrogens is 1. The fraction of sp³-hybridized carbons (Fsp3) is 0.167. The number of alkyl halides is 3. The van der Waals surface area contributed by atoms with Crippen molar-refractivity contribution in [2.75, 3.05) is 0 Å². The Morgan fingerprint density at radius 2 is 2.00 bits per heavy atom. The van der Waals surface area contributed by atoms with Crippen LogP contribution in [0.5, 0.6) is 0 Å². The molecule has 2 nitrogen and oxygen atoms in total. The third-order valence-corrected chi connectivity index (χ3v) is 3.43. The maximum atomic E-state index is 13.1. The quantitative estimate of drug-likeness (QED) is 0.621. The van der Waals surface area contributed by atoms with E-state index in [9.17, 15) is 22.4 Å². The summed E-state index contributed by atoms with van der Waals surface area (Å²) in [6, 6.07) is 3.64. The van der Waals surface area contributed by atoms with Crippen LogP contribution in [-0.4, -0.2) is 10.8 Å². The van der Waals surface area contributed by atoms with Crippen LogP contribution in [0.25, 0.3) is 0 Å². The first-order chi connectivity index (χ1) is 8.79. The molecule has 19 heavy (non-hydrogen) atoms. The fourth-order valence-corrected chi connectivity index (χ4v) is 2.18. The summed E-state index contributed by atoms with van der Waals surface area (Å²) in [7, 11) is 0. The second-order valence-electron chi connectivity index (χ2n) is 3.82. The molecule has 0 saturated carbocycles. The predicted octanol–water partition coefficient (Wildman–Crippen LogP) is 3.84. The molecule has 100 valence electrons. The molecule has 0 saturated heterocycles. The van der Waals surface area contributed by atoms with Gasteiger partial charge in [-0.1, -0.05) is 0 Å². The van der Waals surface area contributed by atoms with Gasteiger partial charge in [-0.3, -0.25) is 4.79 Å². The van der Waals surface area contributed by atoms with Crippen molar-refractivity contribution in [3.63, 3.8) is 0 Å². The van der Waals surface area contributed by atoms with Gasteiger partial charge in [0.15, 0.2) is 5.01 Å². The Balaban J connectivity index is 2.34. The summed E-state index contributed by atoms with van der Waals surface area (Å²) in [5, 5.41) is -1.07. The molecule has 0 unspecified atom stereocenters. The number of hydrogen-bond donors (Lipinski definition) is 0. The number of benzene rings is 1. The van der Waals surface area contributed by atoms with E-state index in [2.05, 4.69) is 4.98 Å². The maximum Gasteiger partial charge on any atom is 0.443 e. The summed E-state index contributed by atoms with van der Waals surface area (Å²) < 4.78 is 50.2. The Labute approximate surface area is 109 Å². The van der Waals surface area contributed by atoms with Gasteiger partial charge in [0, 0.05) is 11.8 Å². The van der Waals surface area contributed by atoms with Gasteiger partial charge in [0.05, 0.1) is 4.88 Å². The molecule has 0 radical (unpaired) electrons. The van der Waals surface area contributed by atoms with Gasteiger partial charge in [-0.05, 0) is 30.7 Å². The third kappa shape index (κ3) is 2.81. The second-order valence-corrected chi connectivity index (χ2v) is 4.85. The number of hydrogen-bond acceptors (Lipinski definition) is 3. The van der Waals surface area contributed by atoms with Crippen molar-refractivity contribution in [2.24, 2.45) is 0 Å². The Hall–Kier alpha value is -1.76. The molecule has 2 rings (SSSR count). The first kappa shape index (κ1) is 13.7. The Bertz CT molecular complexity index is 633. The van der Waals surface area contributed by atoms with E-state index >= 15 is 0 Å². The molecule has 0 fully saturated rings. The van der Waals surface area contributed by atoms with Gasteiger partial charge in [-0.25, -0.2) is 9.37 Å². The number of ketones is 1. The SMILES string of the molecule is Cc1cc(C(=O)c2cnc(C(F)(F)F)s2)ccc1F. The van der Waals surface area contributed by atoms with Crippen LogP contribution in [0.2, 0.25) is 0 Å². The number of thiazole rings is 1. The van der Waals surface area contributed by atoms with Crippen molar-refractivity contribution in [2.45, 2.75) is 13.1 Å². The summed E-state index contributed by atoms with van der Waals surface area (Å²) in [5.74, 6) is -1.08. The normalized spacial score (nSPS) is 11.6. The van der Waals surface area contributed by atoms with Crippen molar-refractivity contribution in [1.29, 1.82) is 0 Å². The number of aryl methyl sites for hydroxylation is 1. The molecule has 0 aliphatic carbocycles. The number of carbonyl (C=O) groups is 1. The van der Waals surface area contributed by atoms with Crippen LogP contribution in [0.1, 0.15) is 25.8 Å². The van der Waals surface area contributed by atoms with Crippen molar-refractivity contribution in [3.8, 4) is 0 Å². The van der Waals surface area contributed by atoms with Gasteiger partial charge in [-0.2, -0.15) is 13.2 Å². The molecule has 1 heterocycles. The Morgan fingerprint density at radius 1 is 1.32 bits per heavy atom. The minimum absolute atomic E-state index is 0.127. The molecule has 1 aromatic heterocycles. The Morgan fingerprint density at radius 3 is 2.53 bits per heavy atom. The van der Waals surface area contributed by atoms with Crippen molar-refractivity contribution >= 4 is 17.1 Å². The second kappa shape index (κ2) is 4.73. The highest BCUT2D eigenvalue weighted by Gasteiger charge is 2.35. The summed E-state index contributed by atoms with van der Waals surface area (Å²) >= 11 is 0.273. The minimum Gasteiger partial charge on any atom is -0.288 e. The average molecular weight is 289 g/mol. The zero-order chi connectivity index (χ0) is 14.2. The zero-order valence-electron chi connectivity index (χ0n) is 9.58. The highest BCUT2D eigenvalue weighted by atomic mass is 32.1. The molecule has 1 aromatic carbocycles. The lowest BCUT2D eigenvalue weighted by Gasteiger charge is -2.01. The van der Waals surface area contributed by atoms with Crippen LogP contribution in [0.3, 0.4) is 0 Å². The number of carbonyl (C=O) groups excluding carboxylic acids is 1. The van der Waals surface area contributed by atoms with E-state index < -0.39 is 22.8 Å². The number of nitrogens with zero attached hydrogens (tertiary/aromatic N) is 1. The Kier molecular flexibility index (Phi) is 3.40. The van der Waals surface area contributed by atoms with Gasteiger partial charge in [-0.15, -0.1) is 11.3 Å². The largest absolute Gasteiger partial charge is 0.443 e. The molecule has 0 aliphatic heterocycles. The minimum atomic E-state index is -4.57. The fourth-order valence-electron chi connectivity index (χ4n) is 1.44. The standard InChI is InChI=1S/C12H7F4NOS/c1-6-4-7(2-3-8(6)13)10(18)9-5-17-11(19-9)12(14,15)16/h2-5H,1H3. The van der Waals surface area contributed by atoms with E-state index in [1.807, 2.05) is 0 Å². The highest BCUT2D eigenvalue weighted by molar-refractivity contribution is 7.13. The molecular weight excluding hydrogens is 282 g/mol. The van der Waals surface area contributed by atoms with E-state index in [0.29, 0.717) is 0 Å². The van der Waals surface area contributed by atoms with Gasteiger partial charge < -0.3 is 0 Å². The van der Waals surface area contributed by atoms with Crippen LogP contribution >= 0.6 is 11.3 Å². The molecular formula is C12H7F4NOS. The molecule has 0 atom stereocenters. The van der Waals surface area contributed by atoms with Crippen molar-refractivity contribution in [3.05, 3.63) is 51.2 Å². The van der Waals surface area contributed by atoms with Crippen LogP contribution < -0.4 is 0 Å². The average Bonchev–Trinajstić information content (AvgIpc) is 2.81. The van der Waals surface area contributed by atoms with Crippen LogP contribution in [0.4, 0.5) is 17.6 Å². The lowest BCUT2D eigenvalue weighted by molar-refractivity contribution is -0.137. The molecule has 0 bridgehead atoms. The van der Waals surface area contributed by atoms with Gasteiger partial charge in [0.2, 0.25) is 5.78 Å². The van der Waals surface area contributed by atoms with E-state index in [1.165, 1.54) is 19.1 Å². The molecule has 7 heteroatoms. The molecule has 0 amide bonds. The first-order valence-electron chi connectivity index (χ1n) is 5.13. The summed E-state index contributed by atoms with van der Waals surface area (Å²) in [6.45, 7) is 1.47. The molecule has 0 N–H and O–H groups in total. The smallest absolute Gasteiger partial charge is 0.288 e. The summed E-state index contributed by atoms with van der Waals surface area (Å²) in [5.41, 5.74) is 0.391. The lowest BCUT2D eigenvalue weighted by Crippen LogP contribution is -2.03. The van der Waals surface area contributed by atoms with E-state index in [-0.39, 0.29) is 27.3 Å². The van der Waals surface area contributed by atoms with Crippen molar-refractivity contribution < 1.29 is 22.4 Å². The van der Waals surface area contributed by atoms with E-state index in [4.69, 9.17) is 0 Å². The molecule has 0 aliphatic rings. The van der Waals surface area contributed by atoms with Gasteiger partial charge in [0.1, 0.15) is 5.82 Å². The number of halogens is 4. The topological polar surface area (TPSA) is 30.0 Å². The number of rotatable bonds is 2. The predicted molar refractivity (Wildman–Crippen MR) is 61.7 cm³/mol. The first-order valence-corrected chi connectivity index (χ1v) is 5.94.